The Morgan fingerprint density at radius 2 is 1.95 bits per heavy atom. The Bertz CT molecular complexity index is 371. The third-order valence-corrected chi connectivity index (χ3v) is 5.02. The van der Waals surface area contributed by atoms with E-state index in [1.807, 2.05) is 0 Å². The van der Waals surface area contributed by atoms with Crippen LogP contribution in [0, 0.1) is 6.92 Å². The van der Waals surface area contributed by atoms with Crippen LogP contribution in [0.15, 0.2) is 5.38 Å². The maximum absolute atomic E-state index is 4.52. The smallest absolute Gasteiger partial charge is 0.0897 e. The zero-order valence-electron chi connectivity index (χ0n) is 12.6. The third kappa shape index (κ3) is 4.86. The zero-order chi connectivity index (χ0) is 13.7. The standard InChI is InChI=1S/C15H27N3S/c1-13-16-14(12-19-13)8-9-17(2)10-11-18(3)15-6-4-5-7-15/h12,15H,4-11H2,1-3H3. The highest BCUT2D eigenvalue weighted by molar-refractivity contribution is 7.09. The highest BCUT2D eigenvalue weighted by Gasteiger charge is 2.19. The molecule has 0 spiro atoms. The van der Waals surface area contributed by atoms with E-state index in [1.54, 1.807) is 11.3 Å². The van der Waals surface area contributed by atoms with E-state index in [0.717, 1.165) is 25.6 Å². The van der Waals surface area contributed by atoms with Crippen molar-refractivity contribution in [1.82, 2.24) is 14.8 Å². The van der Waals surface area contributed by atoms with Crippen LogP contribution >= 0.6 is 11.3 Å². The molecule has 0 aromatic carbocycles. The fourth-order valence-electron chi connectivity index (χ4n) is 2.80. The number of hydrogen-bond acceptors (Lipinski definition) is 4. The summed E-state index contributed by atoms with van der Waals surface area (Å²) in [4.78, 5) is 9.51. The first-order chi connectivity index (χ1) is 9.15. The summed E-state index contributed by atoms with van der Waals surface area (Å²) >= 11 is 1.75. The van der Waals surface area contributed by atoms with Gasteiger partial charge in [-0.05, 0) is 33.9 Å². The minimum Gasteiger partial charge on any atom is -0.305 e. The first-order valence-electron chi connectivity index (χ1n) is 7.45. The number of aryl methyl sites for hydroxylation is 1. The van der Waals surface area contributed by atoms with Crippen LogP contribution < -0.4 is 0 Å². The number of likely N-dealkylation sites (N-methyl/N-ethyl adjacent to an activating group) is 2. The lowest BCUT2D eigenvalue weighted by Crippen LogP contribution is -2.36. The Morgan fingerprint density at radius 1 is 1.21 bits per heavy atom. The van der Waals surface area contributed by atoms with Crippen molar-refractivity contribution in [3.63, 3.8) is 0 Å². The van der Waals surface area contributed by atoms with Gasteiger partial charge in [-0.2, -0.15) is 0 Å². The van der Waals surface area contributed by atoms with Gasteiger partial charge < -0.3 is 9.80 Å². The fourth-order valence-corrected chi connectivity index (χ4v) is 3.44. The molecule has 0 unspecified atom stereocenters. The lowest BCUT2D eigenvalue weighted by atomic mass is 10.2. The first kappa shape index (κ1) is 14.9. The van der Waals surface area contributed by atoms with E-state index in [2.05, 4.69) is 41.2 Å². The van der Waals surface area contributed by atoms with Crippen molar-refractivity contribution in [2.24, 2.45) is 0 Å². The quantitative estimate of drug-likeness (QED) is 0.766. The maximum Gasteiger partial charge on any atom is 0.0897 e. The molecule has 4 heteroatoms. The Hall–Kier alpha value is -0.450. The Balaban J connectivity index is 1.62. The monoisotopic (exact) mass is 281 g/mol. The molecule has 0 aliphatic heterocycles. The molecule has 3 nitrogen and oxygen atoms in total. The summed E-state index contributed by atoms with van der Waals surface area (Å²) in [5.74, 6) is 0. The Labute approximate surface area is 121 Å². The lowest BCUT2D eigenvalue weighted by molar-refractivity contribution is 0.208. The largest absolute Gasteiger partial charge is 0.305 e. The van der Waals surface area contributed by atoms with Crippen molar-refractivity contribution in [3.05, 3.63) is 16.1 Å². The Morgan fingerprint density at radius 3 is 2.58 bits per heavy atom. The van der Waals surface area contributed by atoms with Crippen LogP contribution in [0.5, 0.6) is 0 Å². The summed E-state index contributed by atoms with van der Waals surface area (Å²) in [6.45, 7) is 5.55. The van der Waals surface area contributed by atoms with Crippen molar-refractivity contribution in [2.75, 3.05) is 33.7 Å². The van der Waals surface area contributed by atoms with Crippen LogP contribution in [0.25, 0.3) is 0 Å². The molecule has 0 radical (unpaired) electrons. The minimum atomic E-state index is 0.842. The molecule has 0 N–H and O–H groups in total. The summed E-state index contributed by atoms with van der Waals surface area (Å²) in [6.07, 6.45) is 6.73. The van der Waals surface area contributed by atoms with E-state index in [0.29, 0.717) is 0 Å². The van der Waals surface area contributed by atoms with Gasteiger partial charge in [-0.15, -0.1) is 11.3 Å². The van der Waals surface area contributed by atoms with Gasteiger partial charge in [-0.3, -0.25) is 0 Å². The van der Waals surface area contributed by atoms with Gasteiger partial charge in [0.25, 0.3) is 0 Å². The van der Waals surface area contributed by atoms with Crippen LogP contribution in [-0.4, -0.2) is 54.6 Å². The van der Waals surface area contributed by atoms with Crippen molar-refractivity contribution >= 4 is 11.3 Å². The van der Waals surface area contributed by atoms with Gasteiger partial charge in [-0.25, -0.2) is 4.98 Å². The molecular weight excluding hydrogens is 254 g/mol. The molecule has 1 aromatic heterocycles. The molecule has 1 aliphatic rings. The summed E-state index contributed by atoms with van der Waals surface area (Å²) < 4.78 is 0. The molecule has 108 valence electrons. The Kier molecular flexibility index (Phi) is 5.79. The summed E-state index contributed by atoms with van der Waals surface area (Å²) in [5.41, 5.74) is 1.25. The van der Waals surface area contributed by atoms with E-state index >= 15 is 0 Å². The van der Waals surface area contributed by atoms with Crippen LogP contribution in [0.4, 0.5) is 0 Å². The molecule has 0 atom stereocenters. The molecule has 0 bridgehead atoms. The molecule has 1 aromatic rings. The predicted molar refractivity (Wildman–Crippen MR) is 82.9 cm³/mol. The minimum absolute atomic E-state index is 0.842. The molecule has 1 fully saturated rings. The number of aromatic nitrogens is 1. The zero-order valence-corrected chi connectivity index (χ0v) is 13.4. The van der Waals surface area contributed by atoms with Crippen molar-refractivity contribution in [2.45, 2.75) is 45.1 Å². The first-order valence-corrected chi connectivity index (χ1v) is 8.33. The number of hydrogen-bond donors (Lipinski definition) is 0. The molecule has 2 rings (SSSR count). The lowest BCUT2D eigenvalue weighted by Gasteiger charge is -2.26. The fraction of sp³-hybridized carbons (Fsp3) is 0.800. The molecule has 1 aliphatic carbocycles. The SMILES string of the molecule is Cc1nc(CCN(C)CCN(C)C2CCCC2)cs1. The highest BCUT2D eigenvalue weighted by atomic mass is 32.1. The van der Waals surface area contributed by atoms with Crippen molar-refractivity contribution < 1.29 is 0 Å². The predicted octanol–water partition coefficient (Wildman–Crippen LogP) is 2.80. The average Bonchev–Trinajstić information content (AvgIpc) is 3.04. The van der Waals surface area contributed by atoms with Crippen LogP contribution in [0.3, 0.4) is 0 Å². The molecular formula is C15H27N3S. The van der Waals surface area contributed by atoms with Gasteiger partial charge in [0.2, 0.25) is 0 Å². The molecule has 0 amide bonds. The average molecular weight is 281 g/mol. The van der Waals surface area contributed by atoms with E-state index in [4.69, 9.17) is 0 Å². The van der Waals surface area contributed by atoms with E-state index < -0.39 is 0 Å². The highest BCUT2D eigenvalue weighted by Crippen LogP contribution is 2.21. The van der Waals surface area contributed by atoms with Gasteiger partial charge in [0.15, 0.2) is 0 Å². The van der Waals surface area contributed by atoms with Gasteiger partial charge in [-0.1, -0.05) is 12.8 Å². The molecule has 0 saturated heterocycles. The van der Waals surface area contributed by atoms with E-state index in [-0.39, 0.29) is 0 Å². The van der Waals surface area contributed by atoms with Crippen molar-refractivity contribution in [1.29, 1.82) is 0 Å². The van der Waals surface area contributed by atoms with Crippen LogP contribution in [0.1, 0.15) is 36.4 Å². The second kappa shape index (κ2) is 7.36. The number of thiazole rings is 1. The molecule has 1 saturated carbocycles. The van der Waals surface area contributed by atoms with E-state index in [1.165, 1.54) is 42.9 Å². The third-order valence-electron chi connectivity index (χ3n) is 4.20. The summed E-state index contributed by atoms with van der Waals surface area (Å²) in [5, 5.41) is 3.37. The molecule has 1 heterocycles. The topological polar surface area (TPSA) is 19.4 Å². The number of rotatable bonds is 7. The van der Waals surface area contributed by atoms with Gasteiger partial charge in [0, 0.05) is 37.5 Å². The van der Waals surface area contributed by atoms with Gasteiger partial charge in [0.05, 0.1) is 10.7 Å². The normalized spacial score (nSPS) is 16.9. The van der Waals surface area contributed by atoms with Gasteiger partial charge in [0.1, 0.15) is 0 Å². The second-order valence-electron chi connectivity index (χ2n) is 5.83. The number of nitrogens with zero attached hydrogens (tertiary/aromatic N) is 3. The summed E-state index contributed by atoms with van der Waals surface area (Å²) in [6, 6.07) is 0.842. The van der Waals surface area contributed by atoms with E-state index in [9.17, 15) is 0 Å². The summed E-state index contributed by atoms with van der Waals surface area (Å²) in [7, 11) is 4.51. The van der Waals surface area contributed by atoms with Crippen molar-refractivity contribution in [3.8, 4) is 0 Å². The maximum atomic E-state index is 4.52. The van der Waals surface area contributed by atoms with Gasteiger partial charge >= 0.3 is 0 Å². The van der Waals surface area contributed by atoms with Crippen LogP contribution in [-0.2, 0) is 6.42 Å². The van der Waals surface area contributed by atoms with Crippen LogP contribution in [0.2, 0.25) is 0 Å². The second-order valence-corrected chi connectivity index (χ2v) is 6.89. The molecule has 19 heavy (non-hydrogen) atoms.